The number of primary amides is 1. The lowest BCUT2D eigenvalue weighted by atomic mass is 9.69. The normalized spacial score (nSPS) is 17.7. The number of aryl methyl sites for hydroxylation is 2. The van der Waals surface area contributed by atoms with Crippen LogP contribution in [0.15, 0.2) is 36.4 Å². The lowest BCUT2D eigenvalue weighted by molar-refractivity contribution is -0.370. The van der Waals surface area contributed by atoms with E-state index >= 15 is 0 Å². The summed E-state index contributed by atoms with van der Waals surface area (Å²) >= 11 is 0. The second-order valence-electron chi connectivity index (χ2n) is 7.11. The summed E-state index contributed by atoms with van der Waals surface area (Å²) in [7, 11) is 0. The van der Waals surface area contributed by atoms with Crippen molar-refractivity contribution in [1.82, 2.24) is 20.6 Å². The molecule has 148 valence electrons. The summed E-state index contributed by atoms with van der Waals surface area (Å²) in [4.78, 5) is 22.7. The largest absolute Gasteiger partial charge is 0.366 e. The molecule has 0 fully saturated rings. The molecule has 1 heterocycles. The van der Waals surface area contributed by atoms with Crippen molar-refractivity contribution in [2.75, 3.05) is 11.9 Å². The van der Waals surface area contributed by atoms with Crippen molar-refractivity contribution in [2.45, 2.75) is 24.7 Å². The van der Waals surface area contributed by atoms with E-state index in [1.54, 1.807) is 6.07 Å². The van der Waals surface area contributed by atoms with Gasteiger partial charge in [0.25, 0.3) is 0 Å². The molecule has 3 aromatic rings. The van der Waals surface area contributed by atoms with Crippen LogP contribution >= 0.6 is 0 Å². The van der Waals surface area contributed by atoms with Gasteiger partial charge in [-0.3, -0.25) is 9.59 Å². The molecule has 1 aliphatic rings. The Balaban J connectivity index is 2.02. The van der Waals surface area contributed by atoms with Gasteiger partial charge in [-0.2, -0.15) is 5.21 Å². The molecule has 0 radical (unpaired) electrons. The van der Waals surface area contributed by atoms with Gasteiger partial charge in [0, 0.05) is 17.7 Å². The average molecular weight is 392 g/mol. The number of fused-ring (bicyclic) bond motifs is 2. The first-order valence-electron chi connectivity index (χ1n) is 9.40. The fourth-order valence-corrected chi connectivity index (χ4v) is 4.39. The molecular weight excluding hydrogens is 370 g/mol. The van der Waals surface area contributed by atoms with Gasteiger partial charge in [-0.15, -0.1) is 10.2 Å². The summed E-state index contributed by atoms with van der Waals surface area (Å²) in [5.74, 6) is 0.0859. The third-order valence-electron chi connectivity index (χ3n) is 5.58. The van der Waals surface area contributed by atoms with Gasteiger partial charge in [0.2, 0.25) is 12.3 Å². The van der Waals surface area contributed by atoms with Crippen LogP contribution in [0.25, 0.3) is 0 Å². The number of quaternary nitrogens is 1. The molecule has 4 rings (SSSR count). The standard InChI is InChI=1S/C20H21N7O2/c21-8-7-20(19-24-26-27-25-19)16-5-3-14(18(22)29)9-12(16)1-2-13-10-15(23-11-28)4-6-17(13)20/h3-6,9-11H,1-2,7-8,21H2,(H2,22,29)(H,23,28)(H,24,25,26,27)/p+1. The zero-order valence-corrected chi connectivity index (χ0v) is 15.8. The Morgan fingerprint density at radius 1 is 1.21 bits per heavy atom. The van der Waals surface area contributed by atoms with Gasteiger partial charge >= 0.3 is 0 Å². The minimum atomic E-state index is -0.675. The van der Waals surface area contributed by atoms with Crippen LogP contribution in [0.1, 0.15) is 44.9 Å². The highest BCUT2D eigenvalue weighted by Gasteiger charge is 2.44. The quantitative estimate of drug-likeness (QED) is 0.432. The molecule has 0 aliphatic heterocycles. The zero-order chi connectivity index (χ0) is 20.4. The number of anilines is 1. The van der Waals surface area contributed by atoms with E-state index in [1.165, 1.54) is 0 Å². The van der Waals surface area contributed by atoms with Gasteiger partial charge in [0.1, 0.15) is 0 Å². The summed E-state index contributed by atoms with van der Waals surface area (Å²) in [5, 5.41) is 17.8. The van der Waals surface area contributed by atoms with Gasteiger partial charge in [-0.25, -0.2) is 0 Å². The summed E-state index contributed by atoms with van der Waals surface area (Å²) in [6.45, 7) is 0.638. The number of carbonyl (C=O) groups is 2. The Hall–Kier alpha value is -3.59. The van der Waals surface area contributed by atoms with Crippen LogP contribution in [0, 0.1) is 0 Å². The average Bonchev–Trinajstić information content (AvgIpc) is 3.22. The number of carbonyl (C=O) groups excluding carboxylic acids is 2. The third kappa shape index (κ3) is 3.05. The van der Waals surface area contributed by atoms with E-state index in [0.717, 1.165) is 34.4 Å². The van der Waals surface area contributed by atoms with Crippen molar-refractivity contribution in [2.24, 2.45) is 5.73 Å². The molecule has 2 aromatic carbocycles. The number of hydrogen-bond acceptors (Lipinski definition) is 5. The Morgan fingerprint density at radius 3 is 2.55 bits per heavy atom. The molecule has 1 aromatic heterocycles. The van der Waals surface area contributed by atoms with Crippen molar-refractivity contribution in [3.05, 3.63) is 70.0 Å². The van der Waals surface area contributed by atoms with Crippen molar-refractivity contribution in [3.63, 3.8) is 0 Å². The van der Waals surface area contributed by atoms with Crippen LogP contribution in [0.5, 0.6) is 0 Å². The molecule has 0 spiro atoms. The molecular formula is C20H22N7O2+. The molecule has 1 aliphatic carbocycles. The Labute approximate surface area is 166 Å². The highest BCUT2D eigenvalue weighted by atomic mass is 16.1. The number of aromatic amines is 1. The maximum atomic E-state index is 11.8. The van der Waals surface area contributed by atoms with Gasteiger partial charge in [-0.1, -0.05) is 17.3 Å². The van der Waals surface area contributed by atoms with Crippen LogP contribution < -0.4 is 16.8 Å². The first-order valence-corrected chi connectivity index (χ1v) is 9.40. The number of amides is 2. The fourth-order valence-electron chi connectivity index (χ4n) is 4.39. The molecule has 0 saturated heterocycles. The van der Waals surface area contributed by atoms with Gasteiger partial charge in [0.15, 0.2) is 5.82 Å². The number of rotatable bonds is 6. The molecule has 1 unspecified atom stereocenters. The van der Waals surface area contributed by atoms with Crippen molar-refractivity contribution in [3.8, 4) is 0 Å². The number of hydrogen-bond donors (Lipinski definition) is 4. The molecule has 9 nitrogen and oxygen atoms in total. The van der Waals surface area contributed by atoms with Gasteiger partial charge in [-0.05, 0) is 59.4 Å². The first kappa shape index (κ1) is 18.8. The number of H-pyrrole nitrogens is 1. The third-order valence-corrected chi connectivity index (χ3v) is 5.58. The fraction of sp³-hybridized carbons (Fsp3) is 0.250. The van der Waals surface area contributed by atoms with Crippen LogP contribution in [0.2, 0.25) is 0 Å². The predicted molar refractivity (Wildman–Crippen MR) is 105 cm³/mol. The minimum Gasteiger partial charge on any atom is -0.366 e. The Bertz CT molecular complexity index is 1060. The highest BCUT2D eigenvalue weighted by Crippen LogP contribution is 2.46. The molecule has 0 saturated carbocycles. The van der Waals surface area contributed by atoms with Gasteiger partial charge < -0.3 is 16.8 Å². The molecule has 7 N–H and O–H groups in total. The van der Waals surface area contributed by atoms with Crippen molar-refractivity contribution >= 4 is 18.0 Å². The van der Waals surface area contributed by atoms with Crippen LogP contribution in [0.4, 0.5) is 5.69 Å². The first-order chi connectivity index (χ1) is 14.1. The monoisotopic (exact) mass is 392 g/mol. The Kier molecular flexibility index (Phi) is 4.81. The molecule has 2 amide bonds. The maximum absolute atomic E-state index is 11.8. The van der Waals surface area contributed by atoms with Crippen molar-refractivity contribution in [1.29, 1.82) is 0 Å². The number of tetrazole rings is 1. The summed E-state index contributed by atoms with van der Waals surface area (Å²) in [6.07, 6.45) is 2.76. The number of benzene rings is 2. The summed E-state index contributed by atoms with van der Waals surface area (Å²) < 4.78 is 0. The number of nitrogens with two attached hydrogens (primary N) is 1. The van der Waals surface area contributed by atoms with Gasteiger partial charge in [0.05, 0.1) is 12.0 Å². The lowest BCUT2D eigenvalue weighted by Crippen LogP contribution is -2.53. The van der Waals surface area contributed by atoms with E-state index in [2.05, 4.69) is 31.7 Å². The number of nitrogens with zero attached hydrogens (tertiary/aromatic N) is 3. The van der Waals surface area contributed by atoms with Crippen LogP contribution in [-0.2, 0) is 23.1 Å². The SMILES string of the molecule is NC(=O)c1ccc2c(c1)CCc1cc(NC=O)ccc1C2(CC[NH3+])c1nn[nH]n1. The van der Waals surface area contributed by atoms with E-state index in [4.69, 9.17) is 5.73 Å². The maximum Gasteiger partial charge on any atom is 0.248 e. The second-order valence-corrected chi connectivity index (χ2v) is 7.11. The second kappa shape index (κ2) is 7.44. The molecule has 29 heavy (non-hydrogen) atoms. The summed E-state index contributed by atoms with van der Waals surface area (Å²) in [6, 6.07) is 11.4. The smallest absolute Gasteiger partial charge is 0.248 e. The minimum absolute atomic E-state index is 0.464. The van der Waals surface area contributed by atoms with E-state index in [9.17, 15) is 9.59 Å². The Morgan fingerprint density at radius 2 is 1.93 bits per heavy atom. The van der Waals surface area contributed by atoms with E-state index in [-0.39, 0.29) is 0 Å². The number of aromatic nitrogens is 4. The lowest BCUT2D eigenvalue weighted by Gasteiger charge is -2.33. The van der Waals surface area contributed by atoms with E-state index in [0.29, 0.717) is 37.2 Å². The van der Waals surface area contributed by atoms with E-state index in [1.807, 2.05) is 30.3 Å². The summed E-state index contributed by atoms with van der Waals surface area (Å²) in [5.41, 5.74) is 14.3. The van der Waals surface area contributed by atoms with E-state index < -0.39 is 11.3 Å². The van der Waals surface area contributed by atoms with Crippen LogP contribution in [0.3, 0.4) is 0 Å². The molecule has 9 heteroatoms. The van der Waals surface area contributed by atoms with Crippen molar-refractivity contribution < 1.29 is 15.3 Å². The molecule has 1 atom stereocenters. The highest BCUT2D eigenvalue weighted by molar-refractivity contribution is 5.93. The molecule has 0 bridgehead atoms. The predicted octanol–water partition coefficient (Wildman–Crippen LogP) is -0.0681. The number of nitrogens with one attached hydrogen (secondary N) is 2. The van der Waals surface area contributed by atoms with Crippen LogP contribution in [-0.4, -0.2) is 39.5 Å². The zero-order valence-electron chi connectivity index (χ0n) is 15.8. The topological polar surface area (TPSA) is 154 Å².